The zero-order valence-corrected chi connectivity index (χ0v) is 24.7. The number of nitrogens with zero attached hydrogens (tertiary/aromatic N) is 2. The van der Waals surface area contributed by atoms with E-state index < -0.39 is 0 Å². The standard InChI is InChI=1S/C43H28N2/c1-2-9-33-32(8-1)34-22-23-40(45-39-11-4-3-10-35(34)39)37-24-41(44-25-38(33)37)27-14-12-26(13-15-27)31-20-18-30-17-16-28-6-5-7-29-19-21-36(31)43(30)42(28)29/h1-21,24-25,34H,22-23H2. The number of rotatable bonds is 2. The summed E-state index contributed by atoms with van der Waals surface area (Å²) >= 11 is 0. The Kier molecular flexibility index (Phi) is 5.21. The van der Waals surface area contributed by atoms with Crippen molar-refractivity contribution in [2.45, 2.75) is 18.8 Å². The molecular weight excluding hydrogens is 544 g/mol. The van der Waals surface area contributed by atoms with E-state index in [0.717, 1.165) is 35.5 Å². The van der Waals surface area contributed by atoms with Crippen molar-refractivity contribution in [3.05, 3.63) is 156 Å². The van der Waals surface area contributed by atoms with Crippen LogP contribution >= 0.6 is 0 Å². The van der Waals surface area contributed by atoms with Gasteiger partial charge in [-0.1, -0.05) is 121 Å². The molecule has 45 heavy (non-hydrogen) atoms. The molecule has 2 heteroatoms. The maximum Gasteiger partial charge on any atom is 0.0709 e. The Morgan fingerprint density at radius 1 is 0.511 bits per heavy atom. The van der Waals surface area contributed by atoms with Gasteiger partial charge < -0.3 is 0 Å². The number of hydrogen-bond donors (Lipinski definition) is 0. The molecule has 2 aliphatic rings. The van der Waals surface area contributed by atoms with Crippen molar-refractivity contribution in [1.29, 1.82) is 0 Å². The topological polar surface area (TPSA) is 25.2 Å². The second-order valence-electron chi connectivity index (χ2n) is 12.5. The molecule has 8 aromatic rings. The molecule has 0 fully saturated rings. The van der Waals surface area contributed by atoms with E-state index in [-0.39, 0.29) is 0 Å². The van der Waals surface area contributed by atoms with E-state index in [1.807, 2.05) is 0 Å². The van der Waals surface area contributed by atoms with Gasteiger partial charge in [-0.2, -0.15) is 0 Å². The molecule has 1 aromatic heterocycles. The summed E-state index contributed by atoms with van der Waals surface area (Å²) in [5, 5.41) is 7.88. The number of hydrogen-bond acceptors (Lipinski definition) is 2. The normalized spacial score (nSPS) is 15.3. The third-order valence-electron chi connectivity index (χ3n) is 10.1. The van der Waals surface area contributed by atoms with Crippen LogP contribution in [0.4, 0.5) is 5.69 Å². The molecular formula is C43H28N2. The molecule has 2 heterocycles. The van der Waals surface area contributed by atoms with Crippen molar-refractivity contribution in [3.63, 3.8) is 0 Å². The predicted molar refractivity (Wildman–Crippen MR) is 188 cm³/mol. The fourth-order valence-corrected chi connectivity index (χ4v) is 7.96. The average Bonchev–Trinajstić information content (AvgIpc) is 3.27. The molecule has 1 atom stereocenters. The minimum Gasteiger partial charge on any atom is -0.256 e. The highest BCUT2D eigenvalue weighted by Crippen LogP contribution is 2.46. The number of fused-ring (bicyclic) bond motifs is 10. The Morgan fingerprint density at radius 2 is 1.22 bits per heavy atom. The van der Waals surface area contributed by atoms with Crippen molar-refractivity contribution in [1.82, 2.24) is 4.98 Å². The molecule has 7 aromatic carbocycles. The monoisotopic (exact) mass is 572 g/mol. The van der Waals surface area contributed by atoms with Crippen LogP contribution in [0.15, 0.2) is 145 Å². The summed E-state index contributed by atoms with van der Waals surface area (Å²) in [4.78, 5) is 10.3. The fourth-order valence-electron chi connectivity index (χ4n) is 7.96. The lowest BCUT2D eigenvalue weighted by Gasteiger charge is -2.24. The highest BCUT2D eigenvalue weighted by Gasteiger charge is 2.29. The average molecular weight is 573 g/mol. The van der Waals surface area contributed by atoms with Crippen LogP contribution in [0.1, 0.15) is 35.4 Å². The Labute approximate surface area is 261 Å². The lowest BCUT2D eigenvalue weighted by molar-refractivity contribution is 0.751. The first kappa shape index (κ1) is 24.8. The van der Waals surface area contributed by atoms with E-state index in [1.165, 1.54) is 71.3 Å². The molecule has 1 aliphatic heterocycles. The molecule has 210 valence electrons. The first-order valence-electron chi connectivity index (χ1n) is 15.8. The van der Waals surface area contributed by atoms with Crippen LogP contribution in [0, 0.1) is 0 Å². The highest BCUT2D eigenvalue weighted by atomic mass is 14.8. The molecule has 0 N–H and O–H groups in total. The van der Waals surface area contributed by atoms with Crippen LogP contribution in [0.3, 0.4) is 0 Å². The highest BCUT2D eigenvalue weighted by molar-refractivity contribution is 6.25. The summed E-state index contributed by atoms with van der Waals surface area (Å²) in [6.07, 6.45) is 4.07. The van der Waals surface area contributed by atoms with Crippen LogP contribution in [0.5, 0.6) is 0 Å². The van der Waals surface area contributed by atoms with Gasteiger partial charge in [-0.15, -0.1) is 0 Å². The Hall–Kier alpha value is -5.60. The number of pyridine rings is 1. The molecule has 1 unspecified atom stereocenters. The van der Waals surface area contributed by atoms with E-state index >= 15 is 0 Å². The van der Waals surface area contributed by atoms with Gasteiger partial charge >= 0.3 is 0 Å². The fraction of sp³-hybridized carbons (Fsp3) is 0.0698. The number of aliphatic imine (C=N–C) groups is 1. The van der Waals surface area contributed by atoms with Crippen molar-refractivity contribution in [2.75, 3.05) is 0 Å². The third kappa shape index (κ3) is 3.69. The third-order valence-corrected chi connectivity index (χ3v) is 10.1. The van der Waals surface area contributed by atoms with Gasteiger partial charge in [-0.25, -0.2) is 0 Å². The predicted octanol–water partition coefficient (Wildman–Crippen LogP) is 11.3. The van der Waals surface area contributed by atoms with Crippen LogP contribution in [0.2, 0.25) is 0 Å². The van der Waals surface area contributed by atoms with Gasteiger partial charge in [0.1, 0.15) is 0 Å². The summed E-state index contributed by atoms with van der Waals surface area (Å²) in [6, 6.07) is 48.9. The van der Waals surface area contributed by atoms with Crippen molar-refractivity contribution < 1.29 is 0 Å². The van der Waals surface area contributed by atoms with Crippen LogP contribution in [-0.2, 0) is 0 Å². The maximum atomic E-state index is 5.28. The van der Waals surface area contributed by atoms with Gasteiger partial charge in [-0.05, 0) is 85.1 Å². The van der Waals surface area contributed by atoms with Crippen molar-refractivity contribution >= 4 is 43.7 Å². The molecule has 0 saturated carbocycles. The molecule has 2 nitrogen and oxygen atoms in total. The summed E-state index contributed by atoms with van der Waals surface area (Å²) in [6.45, 7) is 0. The minimum atomic E-state index is 0.332. The Bertz CT molecular complexity index is 2470. The number of benzene rings is 7. The Balaban J connectivity index is 1.10. The molecule has 0 radical (unpaired) electrons. The van der Waals surface area contributed by atoms with E-state index in [1.54, 1.807) is 0 Å². The molecule has 10 rings (SSSR count). The first-order valence-corrected chi connectivity index (χ1v) is 15.8. The maximum absolute atomic E-state index is 5.28. The van der Waals surface area contributed by atoms with E-state index in [2.05, 4.69) is 140 Å². The van der Waals surface area contributed by atoms with E-state index in [0.29, 0.717) is 5.92 Å². The van der Waals surface area contributed by atoms with Gasteiger partial charge in [0, 0.05) is 34.5 Å². The molecule has 0 spiro atoms. The second-order valence-corrected chi connectivity index (χ2v) is 12.5. The quantitative estimate of drug-likeness (QED) is 0.189. The van der Waals surface area contributed by atoms with Gasteiger partial charge in [0.25, 0.3) is 0 Å². The van der Waals surface area contributed by atoms with Crippen LogP contribution in [0.25, 0.3) is 65.8 Å². The largest absolute Gasteiger partial charge is 0.256 e. The summed E-state index contributed by atoms with van der Waals surface area (Å²) < 4.78 is 0. The summed E-state index contributed by atoms with van der Waals surface area (Å²) in [5.74, 6) is 0.332. The van der Waals surface area contributed by atoms with Gasteiger partial charge in [-0.3, -0.25) is 9.98 Å². The summed E-state index contributed by atoms with van der Waals surface area (Å²) in [5.41, 5.74) is 13.1. The van der Waals surface area contributed by atoms with Gasteiger partial charge in [0.2, 0.25) is 0 Å². The lowest BCUT2D eigenvalue weighted by Crippen LogP contribution is -2.11. The first-order chi connectivity index (χ1) is 22.3. The molecule has 1 aliphatic carbocycles. The molecule has 2 bridgehead atoms. The molecule has 0 amide bonds. The zero-order chi connectivity index (χ0) is 29.5. The molecule has 0 saturated heterocycles. The minimum absolute atomic E-state index is 0.332. The van der Waals surface area contributed by atoms with Crippen LogP contribution in [-0.4, -0.2) is 10.7 Å². The number of para-hydroxylation sites is 1. The lowest BCUT2D eigenvalue weighted by atomic mass is 9.79. The smallest absolute Gasteiger partial charge is 0.0709 e. The summed E-state index contributed by atoms with van der Waals surface area (Å²) in [7, 11) is 0. The van der Waals surface area contributed by atoms with Gasteiger partial charge in [0.15, 0.2) is 0 Å². The van der Waals surface area contributed by atoms with Crippen LogP contribution < -0.4 is 0 Å². The Morgan fingerprint density at radius 3 is 2.09 bits per heavy atom. The SMILES string of the molecule is c1ccc2c(c1)N=C1CCC2c2ccccc2-c2cnc(-c3ccc(-c4ccc5ccc6cccc7ccc4c5c67)cc3)cc21. The van der Waals surface area contributed by atoms with E-state index in [9.17, 15) is 0 Å². The number of aromatic nitrogens is 1. The van der Waals surface area contributed by atoms with Gasteiger partial charge in [0.05, 0.1) is 11.4 Å². The second kappa shape index (κ2) is 9.45. The van der Waals surface area contributed by atoms with E-state index in [4.69, 9.17) is 9.98 Å². The zero-order valence-electron chi connectivity index (χ0n) is 24.7. The van der Waals surface area contributed by atoms with Crippen molar-refractivity contribution in [2.24, 2.45) is 4.99 Å². The van der Waals surface area contributed by atoms with Crippen molar-refractivity contribution in [3.8, 4) is 33.5 Å².